The van der Waals surface area contributed by atoms with Gasteiger partial charge in [-0.1, -0.05) is 43.2 Å². The molecule has 0 radical (unpaired) electrons. The molecule has 5 rings (SSSR count). The summed E-state index contributed by atoms with van der Waals surface area (Å²) in [5.41, 5.74) is 1.84. The summed E-state index contributed by atoms with van der Waals surface area (Å²) in [5, 5.41) is 12.1. The van der Waals surface area contributed by atoms with Crippen LogP contribution in [-0.2, 0) is 13.1 Å². The van der Waals surface area contributed by atoms with E-state index in [-0.39, 0.29) is 12.1 Å². The molecular weight excluding hydrogens is 392 g/mol. The molecule has 1 saturated carbocycles. The Kier molecular flexibility index (Phi) is 5.41. The number of likely N-dealkylation sites (tertiary alicyclic amines) is 1. The lowest BCUT2D eigenvalue weighted by atomic mass is 9.78. The minimum atomic E-state index is -0.0890. The van der Waals surface area contributed by atoms with Gasteiger partial charge in [-0.05, 0) is 43.7 Å². The van der Waals surface area contributed by atoms with Crippen LogP contribution in [0.25, 0.3) is 21.3 Å². The van der Waals surface area contributed by atoms with Gasteiger partial charge in [0, 0.05) is 17.0 Å². The van der Waals surface area contributed by atoms with E-state index in [0.717, 1.165) is 34.2 Å². The molecule has 1 aliphatic carbocycles. The number of nitrogens with zero attached hydrogens (tertiary/aromatic N) is 4. The maximum Gasteiger partial charge on any atom is 0.263 e. The number of piperidine rings is 1. The van der Waals surface area contributed by atoms with E-state index in [1.807, 2.05) is 35.7 Å². The first kappa shape index (κ1) is 19.5. The van der Waals surface area contributed by atoms with E-state index < -0.39 is 0 Å². The fourth-order valence-corrected chi connectivity index (χ4v) is 6.31. The third-order valence-electron chi connectivity index (χ3n) is 6.79. The van der Waals surface area contributed by atoms with Gasteiger partial charge in [0.15, 0.2) is 0 Å². The smallest absolute Gasteiger partial charge is 0.263 e. The third-order valence-corrected chi connectivity index (χ3v) is 7.66. The SMILES string of the molecule is N#CCn1c(CN2CCC[C@@H]3CCCC[C@H]32)nc2scc(-c3ccccc3)c2c1=O. The first-order valence-electron chi connectivity index (χ1n) is 10.9. The largest absolute Gasteiger partial charge is 0.293 e. The third kappa shape index (κ3) is 3.46. The standard InChI is InChI=1S/C24H26N4OS/c25-12-14-28-21(15-27-13-6-10-18-9-4-5-11-20(18)27)26-23-22(24(28)29)19(16-30-23)17-7-2-1-3-8-17/h1-3,7-8,16,18,20H,4-6,9-11,13-15H2/t18-,20+/m0/s1. The molecule has 2 fully saturated rings. The average Bonchev–Trinajstić information content (AvgIpc) is 3.21. The van der Waals surface area contributed by atoms with Crippen LogP contribution < -0.4 is 5.56 Å². The Morgan fingerprint density at radius 1 is 1.13 bits per heavy atom. The Morgan fingerprint density at radius 2 is 1.93 bits per heavy atom. The normalized spacial score (nSPS) is 22.0. The van der Waals surface area contributed by atoms with E-state index in [0.29, 0.717) is 18.0 Å². The topological polar surface area (TPSA) is 61.9 Å². The van der Waals surface area contributed by atoms with Gasteiger partial charge in [0.25, 0.3) is 5.56 Å². The molecule has 3 heterocycles. The van der Waals surface area contributed by atoms with E-state index in [9.17, 15) is 10.1 Å². The number of thiophene rings is 1. The van der Waals surface area contributed by atoms with Gasteiger partial charge < -0.3 is 0 Å². The second-order valence-electron chi connectivity index (χ2n) is 8.50. The minimum absolute atomic E-state index is 0.0448. The van der Waals surface area contributed by atoms with Gasteiger partial charge in [0.1, 0.15) is 17.2 Å². The highest BCUT2D eigenvalue weighted by molar-refractivity contribution is 7.17. The van der Waals surface area contributed by atoms with Crippen LogP contribution in [0.5, 0.6) is 0 Å². The Bertz CT molecular complexity index is 1140. The summed E-state index contributed by atoms with van der Waals surface area (Å²) >= 11 is 1.52. The Morgan fingerprint density at radius 3 is 2.77 bits per heavy atom. The van der Waals surface area contributed by atoms with Crippen molar-refractivity contribution < 1.29 is 0 Å². The summed E-state index contributed by atoms with van der Waals surface area (Å²) in [7, 11) is 0. The zero-order chi connectivity index (χ0) is 20.5. The van der Waals surface area contributed by atoms with Gasteiger partial charge in [-0.25, -0.2) is 4.98 Å². The molecule has 0 N–H and O–H groups in total. The first-order chi connectivity index (χ1) is 14.8. The van der Waals surface area contributed by atoms with Gasteiger partial charge in [0.05, 0.1) is 18.0 Å². The van der Waals surface area contributed by atoms with Crippen LogP contribution in [0.1, 0.15) is 44.3 Å². The van der Waals surface area contributed by atoms with E-state index in [2.05, 4.69) is 11.0 Å². The van der Waals surface area contributed by atoms with E-state index >= 15 is 0 Å². The molecule has 2 aromatic heterocycles. The number of fused-ring (bicyclic) bond motifs is 2. The van der Waals surface area contributed by atoms with Crippen molar-refractivity contribution in [3.8, 4) is 17.2 Å². The highest BCUT2D eigenvalue weighted by Gasteiger charge is 2.33. The number of benzene rings is 1. The summed E-state index contributed by atoms with van der Waals surface area (Å²) in [6, 6.07) is 12.7. The molecule has 0 amide bonds. The molecule has 2 aliphatic rings. The van der Waals surface area contributed by atoms with E-state index in [4.69, 9.17) is 4.98 Å². The molecule has 1 aromatic carbocycles. The number of aromatic nitrogens is 2. The lowest BCUT2D eigenvalue weighted by Crippen LogP contribution is -2.47. The molecule has 0 unspecified atom stereocenters. The van der Waals surface area contributed by atoms with Crippen LogP contribution in [0.3, 0.4) is 0 Å². The molecule has 154 valence electrons. The van der Waals surface area contributed by atoms with Crippen molar-refractivity contribution in [1.29, 1.82) is 5.26 Å². The zero-order valence-corrected chi connectivity index (χ0v) is 17.9. The average molecular weight is 419 g/mol. The van der Waals surface area contributed by atoms with E-state index in [1.165, 1.54) is 49.9 Å². The van der Waals surface area contributed by atoms with Gasteiger partial charge in [-0.15, -0.1) is 11.3 Å². The Hall–Kier alpha value is -2.49. The van der Waals surface area contributed by atoms with Crippen LogP contribution in [-0.4, -0.2) is 27.0 Å². The highest BCUT2D eigenvalue weighted by Crippen LogP contribution is 2.36. The fourth-order valence-electron chi connectivity index (χ4n) is 5.36. The molecule has 3 aromatic rings. The summed E-state index contributed by atoms with van der Waals surface area (Å²) in [6.07, 6.45) is 7.74. The van der Waals surface area contributed by atoms with Gasteiger partial charge in [-0.3, -0.25) is 14.3 Å². The van der Waals surface area contributed by atoms with Crippen molar-refractivity contribution >= 4 is 21.6 Å². The van der Waals surface area contributed by atoms with Crippen molar-refractivity contribution in [3.05, 3.63) is 51.9 Å². The number of hydrogen-bond donors (Lipinski definition) is 0. The monoisotopic (exact) mass is 418 g/mol. The minimum Gasteiger partial charge on any atom is -0.293 e. The summed E-state index contributed by atoms with van der Waals surface area (Å²) in [5.74, 6) is 1.51. The van der Waals surface area contributed by atoms with Gasteiger partial charge >= 0.3 is 0 Å². The Balaban J connectivity index is 1.56. The van der Waals surface area contributed by atoms with Crippen molar-refractivity contribution in [3.63, 3.8) is 0 Å². The van der Waals surface area contributed by atoms with E-state index in [1.54, 1.807) is 4.57 Å². The summed E-state index contributed by atoms with van der Waals surface area (Å²) < 4.78 is 1.61. The van der Waals surface area contributed by atoms with Gasteiger partial charge in [0.2, 0.25) is 0 Å². The highest BCUT2D eigenvalue weighted by atomic mass is 32.1. The summed E-state index contributed by atoms with van der Waals surface area (Å²) in [4.78, 5) is 21.7. The lowest BCUT2D eigenvalue weighted by Gasteiger charge is -2.44. The first-order valence-corrected chi connectivity index (χ1v) is 11.8. The molecule has 2 atom stereocenters. The second kappa shape index (κ2) is 8.33. The molecule has 0 bridgehead atoms. The molecule has 5 nitrogen and oxygen atoms in total. The fraction of sp³-hybridized carbons (Fsp3) is 0.458. The van der Waals surface area contributed by atoms with Gasteiger partial charge in [-0.2, -0.15) is 5.26 Å². The summed E-state index contributed by atoms with van der Waals surface area (Å²) in [6.45, 7) is 1.76. The number of rotatable bonds is 4. The molecule has 6 heteroatoms. The molecule has 1 aliphatic heterocycles. The predicted octanol–water partition coefficient (Wildman–Crippen LogP) is 4.80. The van der Waals surface area contributed by atoms with Crippen LogP contribution in [0.4, 0.5) is 0 Å². The van der Waals surface area contributed by atoms with Crippen molar-refractivity contribution in [2.75, 3.05) is 6.54 Å². The van der Waals surface area contributed by atoms with Crippen molar-refractivity contribution in [2.24, 2.45) is 5.92 Å². The molecule has 0 spiro atoms. The maximum atomic E-state index is 13.5. The van der Waals surface area contributed by atoms with Crippen LogP contribution >= 0.6 is 11.3 Å². The quantitative estimate of drug-likeness (QED) is 0.610. The number of hydrogen-bond acceptors (Lipinski definition) is 5. The predicted molar refractivity (Wildman–Crippen MR) is 120 cm³/mol. The van der Waals surface area contributed by atoms with Crippen LogP contribution in [0, 0.1) is 17.2 Å². The second-order valence-corrected chi connectivity index (χ2v) is 9.36. The number of nitriles is 1. The molecule has 1 saturated heterocycles. The molecular formula is C24H26N4OS. The maximum absolute atomic E-state index is 13.5. The van der Waals surface area contributed by atoms with Crippen molar-refractivity contribution in [2.45, 2.75) is 57.7 Å². The zero-order valence-electron chi connectivity index (χ0n) is 17.1. The van der Waals surface area contributed by atoms with Crippen molar-refractivity contribution in [1.82, 2.24) is 14.5 Å². The van der Waals surface area contributed by atoms with Crippen LogP contribution in [0.2, 0.25) is 0 Å². The Labute approximate surface area is 180 Å². The lowest BCUT2D eigenvalue weighted by molar-refractivity contribution is 0.0517. The van der Waals surface area contributed by atoms with Crippen LogP contribution in [0.15, 0.2) is 40.5 Å². The molecule has 30 heavy (non-hydrogen) atoms.